The number of nitrogens with one attached hydrogen (secondary N) is 1. The molecule has 0 amide bonds. The number of hydrogen-bond acceptors (Lipinski definition) is 6. The first-order valence-corrected chi connectivity index (χ1v) is 9.70. The Hall–Kier alpha value is -2.15. The van der Waals surface area contributed by atoms with Gasteiger partial charge in [0, 0.05) is 18.1 Å². The SMILES string of the molecule is Clc1cc(CCNCc2csc(-c3ccccn3)n2)cc2c1OCCO2. The number of aromatic nitrogens is 2. The van der Waals surface area contributed by atoms with Gasteiger partial charge in [-0.05, 0) is 42.8 Å². The predicted octanol–water partition coefficient (Wildman–Crippen LogP) is 3.96. The van der Waals surface area contributed by atoms with Gasteiger partial charge in [-0.2, -0.15) is 0 Å². The number of pyridine rings is 1. The highest BCUT2D eigenvalue weighted by molar-refractivity contribution is 7.13. The molecule has 0 aliphatic carbocycles. The molecule has 0 atom stereocenters. The van der Waals surface area contributed by atoms with Crippen molar-refractivity contribution in [1.29, 1.82) is 0 Å². The second kappa shape index (κ2) is 8.03. The summed E-state index contributed by atoms with van der Waals surface area (Å²) >= 11 is 7.89. The number of fused-ring (bicyclic) bond motifs is 1. The molecule has 3 aromatic rings. The van der Waals surface area contributed by atoms with Gasteiger partial charge in [0.25, 0.3) is 0 Å². The second-order valence-corrected chi connectivity index (χ2v) is 7.15. The van der Waals surface area contributed by atoms with Crippen molar-refractivity contribution in [3.63, 3.8) is 0 Å². The molecule has 0 radical (unpaired) electrons. The molecule has 7 heteroatoms. The lowest BCUT2D eigenvalue weighted by atomic mass is 10.1. The van der Waals surface area contributed by atoms with Gasteiger partial charge in [0.05, 0.1) is 16.4 Å². The Kier molecular flexibility index (Phi) is 5.34. The lowest BCUT2D eigenvalue weighted by molar-refractivity contribution is 0.171. The predicted molar refractivity (Wildman–Crippen MR) is 103 cm³/mol. The number of hydrogen-bond donors (Lipinski definition) is 1. The number of ether oxygens (including phenoxy) is 2. The fraction of sp³-hybridized carbons (Fsp3) is 0.263. The average Bonchev–Trinajstić information content (AvgIpc) is 3.15. The van der Waals surface area contributed by atoms with E-state index in [0.29, 0.717) is 24.0 Å². The molecule has 1 aromatic carbocycles. The van der Waals surface area contributed by atoms with E-state index in [-0.39, 0.29) is 0 Å². The summed E-state index contributed by atoms with van der Waals surface area (Å²) < 4.78 is 11.2. The highest BCUT2D eigenvalue weighted by Crippen LogP contribution is 2.38. The normalized spacial score (nSPS) is 13.0. The van der Waals surface area contributed by atoms with Crippen molar-refractivity contribution >= 4 is 22.9 Å². The summed E-state index contributed by atoms with van der Waals surface area (Å²) in [6.07, 6.45) is 2.64. The zero-order valence-corrected chi connectivity index (χ0v) is 15.6. The van der Waals surface area contributed by atoms with Crippen LogP contribution in [0.15, 0.2) is 41.9 Å². The minimum Gasteiger partial charge on any atom is -0.486 e. The number of benzene rings is 1. The van der Waals surface area contributed by atoms with E-state index in [0.717, 1.165) is 47.2 Å². The molecule has 5 nitrogen and oxygen atoms in total. The molecule has 0 spiro atoms. The van der Waals surface area contributed by atoms with E-state index in [4.69, 9.17) is 21.1 Å². The van der Waals surface area contributed by atoms with Crippen molar-refractivity contribution in [1.82, 2.24) is 15.3 Å². The summed E-state index contributed by atoms with van der Waals surface area (Å²) in [4.78, 5) is 8.97. The molecule has 26 heavy (non-hydrogen) atoms. The van der Waals surface area contributed by atoms with Gasteiger partial charge in [-0.1, -0.05) is 17.7 Å². The zero-order chi connectivity index (χ0) is 17.8. The van der Waals surface area contributed by atoms with Gasteiger partial charge in [0.15, 0.2) is 11.5 Å². The molecule has 0 unspecified atom stereocenters. The van der Waals surface area contributed by atoms with Crippen LogP contribution in [0.2, 0.25) is 5.02 Å². The van der Waals surface area contributed by atoms with Gasteiger partial charge in [-0.25, -0.2) is 4.98 Å². The fourth-order valence-corrected chi connectivity index (χ4v) is 3.84. The Morgan fingerprint density at radius 1 is 1.19 bits per heavy atom. The quantitative estimate of drug-likeness (QED) is 0.649. The number of nitrogens with zero attached hydrogens (tertiary/aromatic N) is 2. The van der Waals surface area contributed by atoms with Gasteiger partial charge in [-0.3, -0.25) is 4.98 Å². The van der Waals surface area contributed by atoms with Crippen LogP contribution in [0.1, 0.15) is 11.3 Å². The Morgan fingerprint density at radius 3 is 3.00 bits per heavy atom. The first kappa shape index (κ1) is 17.3. The molecular weight excluding hydrogens is 370 g/mol. The lowest BCUT2D eigenvalue weighted by Gasteiger charge is -2.20. The van der Waals surface area contributed by atoms with E-state index in [1.807, 2.05) is 30.3 Å². The molecule has 3 heterocycles. The van der Waals surface area contributed by atoms with Crippen molar-refractivity contribution in [2.45, 2.75) is 13.0 Å². The van der Waals surface area contributed by atoms with E-state index in [9.17, 15) is 0 Å². The maximum atomic E-state index is 6.28. The second-order valence-electron chi connectivity index (χ2n) is 5.89. The standard InChI is InChI=1S/C19H18ClN3O2S/c20-15-9-13(10-17-18(15)25-8-7-24-17)4-6-21-11-14-12-26-19(23-14)16-3-1-2-5-22-16/h1-3,5,9-10,12,21H,4,6-8,11H2. The maximum absolute atomic E-state index is 6.28. The molecule has 2 aromatic heterocycles. The van der Waals surface area contributed by atoms with Crippen LogP contribution in [0, 0.1) is 0 Å². The first-order chi connectivity index (χ1) is 12.8. The van der Waals surface area contributed by atoms with Crippen LogP contribution >= 0.6 is 22.9 Å². The zero-order valence-electron chi connectivity index (χ0n) is 14.1. The summed E-state index contributed by atoms with van der Waals surface area (Å²) in [6, 6.07) is 9.80. The molecule has 134 valence electrons. The third-order valence-electron chi connectivity index (χ3n) is 3.99. The van der Waals surface area contributed by atoms with E-state index in [2.05, 4.69) is 20.7 Å². The minimum atomic E-state index is 0.543. The van der Waals surface area contributed by atoms with Crippen molar-refractivity contribution < 1.29 is 9.47 Å². The summed E-state index contributed by atoms with van der Waals surface area (Å²) in [6.45, 7) is 2.66. The molecule has 1 aliphatic rings. The van der Waals surface area contributed by atoms with Crippen molar-refractivity contribution in [2.75, 3.05) is 19.8 Å². The molecule has 4 rings (SSSR count). The van der Waals surface area contributed by atoms with Gasteiger partial charge < -0.3 is 14.8 Å². The first-order valence-electron chi connectivity index (χ1n) is 8.44. The molecule has 1 aliphatic heterocycles. The highest BCUT2D eigenvalue weighted by atomic mass is 35.5. The van der Waals surface area contributed by atoms with E-state index in [1.165, 1.54) is 0 Å². The Morgan fingerprint density at radius 2 is 2.12 bits per heavy atom. The Labute approximate surface area is 161 Å². The van der Waals surface area contributed by atoms with Crippen LogP contribution in [0.4, 0.5) is 0 Å². The lowest BCUT2D eigenvalue weighted by Crippen LogP contribution is -2.18. The molecule has 0 bridgehead atoms. The van der Waals surface area contributed by atoms with Crippen LogP contribution in [0.5, 0.6) is 11.5 Å². The Balaban J connectivity index is 1.31. The monoisotopic (exact) mass is 387 g/mol. The van der Waals surface area contributed by atoms with Gasteiger partial charge in [0.1, 0.15) is 18.2 Å². The van der Waals surface area contributed by atoms with Crippen molar-refractivity contribution in [3.05, 3.63) is 58.2 Å². The van der Waals surface area contributed by atoms with E-state index >= 15 is 0 Å². The average molecular weight is 388 g/mol. The summed E-state index contributed by atoms with van der Waals surface area (Å²) in [5.41, 5.74) is 3.06. The number of rotatable bonds is 6. The van der Waals surface area contributed by atoms with Crippen LogP contribution in [0.3, 0.4) is 0 Å². The van der Waals surface area contributed by atoms with Gasteiger partial charge in [-0.15, -0.1) is 11.3 Å². The van der Waals surface area contributed by atoms with Crippen molar-refractivity contribution in [2.24, 2.45) is 0 Å². The van der Waals surface area contributed by atoms with Crippen LogP contribution in [0.25, 0.3) is 10.7 Å². The van der Waals surface area contributed by atoms with Crippen LogP contribution in [-0.2, 0) is 13.0 Å². The molecule has 0 saturated carbocycles. The smallest absolute Gasteiger partial charge is 0.179 e. The summed E-state index contributed by atoms with van der Waals surface area (Å²) in [5, 5.41) is 7.04. The van der Waals surface area contributed by atoms with E-state index in [1.54, 1.807) is 17.5 Å². The maximum Gasteiger partial charge on any atom is 0.179 e. The minimum absolute atomic E-state index is 0.543. The van der Waals surface area contributed by atoms with Crippen LogP contribution in [-0.4, -0.2) is 29.7 Å². The van der Waals surface area contributed by atoms with Crippen molar-refractivity contribution in [3.8, 4) is 22.2 Å². The third kappa shape index (κ3) is 3.98. The molecule has 0 fully saturated rings. The number of thiazole rings is 1. The largest absolute Gasteiger partial charge is 0.486 e. The molecule has 1 N–H and O–H groups in total. The van der Waals surface area contributed by atoms with E-state index < -0.39 is 0 Å². The molecule has 0 saturated heterocycles. The fourth-order valence-electron chi connectivity index (χ4n) is 2.75. The number of halogens is 1. The summed E-state index contributed by atoms with van der Waals surface area (Å²) in [5.74, 6) is 1.39. The highest BCUT2D eigenvalue weighted by Gasteiger charge is 2.16. The molecular formula is C19H18ClN3O2S. The topological polar surface area (TPSA) is 56.3 Å². The summed E-state index contributed by atoms with van der Waals surface area (Å²) in [7, 11) is 0. The van der Waals surface area contributed by atoms with Gasteiger partial charge >= 0.3 is 0 Å². The Bertz CT molecular complexity index is 886. The third-order valence-corrected chi connectivity index (χ3v) is 5.18. The van der Waals surface area contributed by atoms with Crippen LogP contribution < -0.4 is 14.8 Å². The van der Waals surface area contributed by atoms with Gasteiger partial charge in [0.2, 0.25) is 0 Å².